The molecule has 0 bridgehead atoms. The summed E-state index contributed by atoms with van der Waals surface area (Å²) >= 11 is 0. The van der Waals surface area contributed by atoms with Crippen LogP contribution in [0, 0.1) is 0 Å². The van der Waals surface area contributed by atoms with Gasteiger partial charge in [-0.15, -0.1) is 0 Å². The molecule has 4 rings (SSSR count). The maximum atomic E-state index is 13.1. The van der Waals surface area contributed by atoms with Crippen molar-refractivity contribution in [3.05, 3.63) is 64.3 Å². The number of aromatic amines is 1. The van der Waals surface area contributed by atoms with Gasteiger partial charge in [0.25, 0.3) is 5.56 Å². The Kier molecular flexibility index (Phi) is 7.27. The van der Waals surface area contributed by atoms with Crippen molar-refractivity contribution in [2.75, 3.05) is 6.61 Å². The van der Waals surface area contributed by atoms with Crippen molar-refractivity contribution in [2.24, 2.45) is 7.05 Å². The van der Waals surface area contributed by atoms with E-state index in [9.17, 15) is 13.2 Å². The number of ether oxygens (including phenoxy) is 1. The standard InChI is InChI=1S/C24H28N6O4S/c1-4-7-19-21-22(30(3)29-19)24(31)28-23(27-21)18-13-17(9-10-20(18)34-12-5-2)35(32,33)26-15-16-8-6-11-25-14-16/h6,8-11,13-14,26H,4-5,7,12,15H2,1-3H3,(H,27,28,31). The van der Waals surface area contributed by atoms with E-state index in [0.717, 1.165) is 24.1 Å². The zero-order valence-electron chi connectivity index (χ0n) is 19.9. The van der Waals surface area contributed by atoms with E-state index in [1.807, 2.05) is 13.8 Å². The van der Waals surface area contributed by atoms with E-state index in [4.69, 9.17) is 4.74 Å². The molecule has 0 unspecified atom stereocenters. The van der Waals surface area contributed by atoms with Crippen LogP contribution >= 0.6 is 0 Å². The average molecular weight is 497 g/mol. The lowest BCUT2D eigenvalue weighted by atomic mass is 10.1. The number of benzene rings is 1. The summed E-state index contributed by atoms with van der Waals surface area (Å²) < 4.78 is 36.1. The maximum absolute atomic E-state index is 13.1. The number of fused-ring (bicyclic) bond motifs is 1. The molecule has 2 N–H and O–H groups in total. The van der Waals surface area contributed by atoms with Gasteiger partial charge in [0.05, 0.1) is 22.8 Å². The largest absolute Gasteiger partial charge is 0.493 e. The molecule has 0 aliphatic heterocycles. The van der Waals surface area contributed by atoms with Crippen LogP contribution < -0.4 is 15.0 Å². The van der Waals surface area contributed by atoms with Crippen molar-refractivity contribution in [3.63, 3.8) is 0 Å². The molecule has 4 aromatic rings. The zero-order chi connectivity index (χ0) is 25.0. The SMILES string of the molecule is CCCOc1ccc(S(=O)(=O)NCc2cccnc2)cc1-c1nc2c(CCC)nn(C)c2c(=O)[nH]1. The monoisotopic (exact) mass is 496 g/mol. The Morgan fingerprint density at radius 2 is 2.00 bits per heavy atom. The van der Waals surface area contributed by atoms with E-state index < -0.39 is 10.0 Å². The summed E-state index contributed by atoms with van der Waals surface area (Å²) in [6, 6.07) is 8.06. The average Bonchev–Trinajstić information content (AvgIpc) is 3.17. The molecule has 184 valence electrons. The van der Waals surface area contributed by atoms with E-state index in [1.54, 1.807) is 37.6 Å². The number of sulfonamides is 1. The molecule has 0 amide bonds. The number of rotatable bonds is 10. The van der Waals surface area contributed by atoms with Gasteiger partial charge in [-0.25, -0.2) is 18.1 Å². The summed E-state index contributed by atoms with van der Waals surface area (Å²) in [5, 5.41) is 4.45. The lowest BCUT2D eigenvalue weighted by Gasteiger charge is -2.13. The molecule has 3 heterocycles. The summed E-state index contributed by atoms with van der Waals surface area (Å²) in [4.78, 5) is 24.5. The molecule has 0 fully saturated rings. The highest BCUT2D eigenvalue weighted by atomic mass is 32.2. The second-order valence-corrected chi connectivity index (χ2v) is 9.89. The topological polar surface area (TPSA) is 132 Å². The summed E-state index contributed by atoms with van der Waals surface area (Å²) in [5.74, 6) is 0.657. The molecular formula is C24H28N6O4S. The molecule has 0 radical (unpaired) electrons. The smallest absolute Gasteiger partial charge is 0.277 e. The third-order valence-electron chi connectivity index (χ3n) is 5.42. The summed E-state index contributed by atoms with van der Waals surface area (Å²) in [5.41, 5.74) is 2.35. The molecule has 0 aliphatic carbocycles. The number of hydrogen-bond donors (Lipinski definition) is 2. The fraction of sp³-hybridized carbons (Fsp3) is 0.333. The van der Waals surface area contributed by atoms with Gasteiger partial charge in [0, 0.05) is 26.0 Å². The first kappa shape index (κ1) is 24.6. The van der Waals surface area contributed by atoms with Gasteiger partial charge in [0.1, 0.15) is 17.1 Å². The molecule has 10 nitrogen and oxygen atoms in total. The van der Waals surface area contributed by atoms with E-state index in [2.05, 4.69) is 24.8 Å². The Morgan fingerprint density at radius 3 is 2.71 bits per heavy atom. The Balaban J connectivity index is 1.79. The summed E-state index contributed by atoms with van der Waals surface area (Å²) in [6.45, 7) is 4.52. The van der Waals surface area contributed by atoms with Crippen molar-refractivity contribution >= 4 is 21.1 Å². The highest BCUT2D eigenvalue weighted by Gasteiger charge is 2.21. The van der Waals surface area contributed by atoms with E-state index in [-0.39, 0.29) is 22.8 Å². The Labute approximate surface area is 203 Å². The Morgan fingerprint density at radius 1 is 1.17 bits per heavy atom. The van der Waals surface area contributed by atoms with Gasteiger partial charge < -0.3 is 9.72 Å². The number of H-pyrrole nitrogens is 1. The second-order valence-electron chi connectivity index (χ2n) is 8.12. The van der Waals surface area contributed by atoms with Crippen LogP contribution in [-0.2, 0) is 30.0 Å². The van der Waals surface area contributed by atoms with Gasteiger partial charge in [-0.1, -0.05) is 26.3 Å². The molecule has 3 aromatic heterocycles. The van der Waals surface area contributed by atoms with Crippen molar-refractivity contribution in [1.82, 2.24) is 29.5 Å². The van der Waals surface area contributed by atoms with Crippen molar-refractivity contribution in [2.45, 2.75) is 44.6 Å². The Hall–Kier alpha value is -3.57. The summed E-state index contributed by atoms with van der Waals surface area (Å²) in [6.07, 6.45) is 5.49. The molecule has 0 spiro atoms. The predicted octanol–water partition coefficient (Wildman–Crippen LogP) is 2.94. The van der Waals surface area contributed by atoms with E-state index >= 15 is 0 Å². The maximum Gasteiger partial charge on any atom is 0.277 e. The number of hydrogen-bond acceptors (Lipinski definition) is 7. The third-order valence-corrected chi connectivity index (χ3v) is 6.82. The van der Waals surface area contributed by atoms with Crippen LogP contribution in [0.1, 0.15) is 37.9 Å². The normalized spacial score (nSPS) is 11.7. The fourth-order valence-electron chi connectivity index (χ4n) is 3.74. The minimum atomic E-state index is -3.86. The number of nitrogens with zero attached hydrogens (tertiary/aromatic N) is 4. The van der Waals surface area contributed by atoms with E-state index in [0.29, 0.717) is 35.4 Å². The van der Waals surface area contributed by atoms with Crippen LogP contribution in [0.25, 0.3) is 22.4 Å². The van der Waals surface area contributed by atoms with Crippen molar-refractivity contribution in [3.8, 4) is 17.1 Å². The van der Waals surface area contributed by atoms with Crippen LogP contribution in [0.4, 0.5) is 0 Å². The van der Waals surface area contributed by atoms with Crippen molar-refractivity contribution in [1.29, 1.82) is 0 Å². The van der Waals surface area contributed by atoms with Crippen LogP contribution in [0.5, 0.6) is 5.75 Å². The lowest BCUT2D eigenvalue weighted by molar-refractivity contribution is 0.318. The number of aromatic nitrogens is 5. The molecule has 1 aromatic carbocycles. The minimum Gasteiger partial charge on any atom is -0.493 e. The van der Waals surface area contributed by atoms with Gasteiger partial charge in [-0.05, 0) is 42.7 Å². The van der Waals surface area contributed by atoms with Gasteiger partial charge in [0.2, 0.25) is 10.0 Å². The highest BCUT2D eigenvalue weighted by Crippen LogP contribution is 2.31. The van der Waals surface area contributed by atoms with Gasteiger partial charge >= 0.3 is 0 Å². The molecule has 11 heteroatoms. The molecule has 35 heavy (non-hydrogen) atoms. The van der Waals surface area contributed by atoms with Crippen LogP contribution in [-0.4, -0.2) is 39.8 Å². The minimum absolute atomic E-state index is 0.0305. The molecule has 0 saturated carbocycles. The van der Waals surface area contributed by atoms with Crippen molar-refractivity contribution < 1.29 is 13.2 Å². The first-order valence-corrected chi connectivity index (χ1v) is 12.9. The van der Waals surface area contributed by atoms with Crippen LogP contribution in [0.2, 0.25) is 0 Å². The van der Waals surface area contributed by atoms with Gasteiger partial charge in [0.15, 0.2) is 5.52 Å². The third kappa shape index (κ3) is 5.25. The molecular weight excluding hydrogens is 468 g/mol. The van der Waals surface area contributed by atoms with E-state index in [1.165, 1.54) is 16.8 Å². The number of nitrogens with one attached hydrogen (secondary N) is 2. The quantitative estimate of drug-likeness (QED) is 0.345. The second kappa shape index (κ2) is 10.4. The zero-order valence-corrected chi connectivity index (χ0v) is 20.7. The molecule has 0 saturated heterocycles. The molecule has 0 aliphatic rings. The predicted molar refractivity (Wildman–Crippen MR) is 133 cm³/mol. The van der Waals surface area contributed by atoms with Crippen LogP contribution in [0.3, 0.4) is 0 Å². The number of aryl methyl sites for hydroxylation is 2. The number of pyridine rings is 1. The van der Waals surface area contributed by atoms with Gasteiger partial charge in [-0.3, -0.25) is 14.5 Å². The highest BCUT2D eigenvalue weighted by molar-refractivity contribution is 7.89. The molecule has 0 atom stereocenters. The van der Waals surface area contributed by atoms with Gasteiger partial charge in [-0.2, -0.15) is 5.10 Å². The first-order valence-electron chi connectivity index (χ1n) is 11.5. The Bertz CT molecular complexity index is 1500. The summed E-state index contributed by atoms with van der Waals surface area (Å²) in [7, 11) is -2.16. The first-order chi connectivity index (χ1) is 16.8. The fourth-order valence-corrected chi connectivity index (χ4v) is 4.79. The lowest BCUT2D eigenvalue weighted by Crippen LogP contribution is -2.23. The van der Waals surface area contributed by atoms with Crippen LogP contribution in [0.15, 0.2) is 52.4 Å².